The number of carbonyl (C=O) groups excluding carboxylic acids is 1. The Bertz CT molecular complexity index is 1510. The molecule has 0 N–H and O–H groups in total. The molecule has 2 heterocycles. The Kier molecular flexibility index (Phi) is 12.1. The lowest BCUT2D eigenvalue weighted by atomic mass is 9.99. The first-order valence-corrected chi connectivity index (χ1v) is 19.9. The Morgan fingerprint density at radius 2 is 1.05 bits per heavy atom. The predicted octanol–water partition coefficient (Wildman–Crippen LogP) is 11.3. The lowest BCUT2D eigenvalue weighted by molar-refractivity contribution is -0.104. The average Bonchev–Trinajstić information content (AvgIpc) is 3.57. The van der Waals surface area contributed by atoms with Gasteiger partial charge < -0.3 is 0 Å². The number of allylic oxidation sites excluding steroid dienone is 2. The molecule has 0 aromatic heterocycles. The highest BCUT2D eigenvalue weighted by Crippen LogP contribution is 2.58. The first-order valence-electron chi connectivity index (χ1n) is 14.7. The fourth-order valence-electron chi connectivity index (χ4n) is 5.10. The van der Waals surface area contributed by atoms with Crippen molar-refractivity contribution in [2.45, 2.75) is 72.1 Å². The number of aldehydes is 1. The van der Waals surface area contributed by atoms with Crippen LogP contribution in [0.1, 0.15) is 72.1 Å². The van der Waals surface area contributed by atoms with Crippen LogP contribution in [0.3, 0.4) is 0 Å². The van der Waals surface area contributed by atoms with Crippen LogP contribution in [0.4, 0.5) is 0 Å². The molecule has 0 bridgehead atoms. The van der Waals surface area contributed by atoms with E-state index >= 15 is 0 Å². The number of benzene rings is 3. The summed E-state index contributed by atoms with van der Waals surface area (Å²) in [6.07, 6.45) is 11.5. The summed E-state index contributed by atoms with van der Waals surface area (Å²) < 4.78 is 5.64. The summed E-state index contributed by atoms with van der Waals surface area (Å²) in [6, 6.07) is 17.8. The monoisotopic (exact) mass is 654 g/mol. The number of hydrogen-bond acceptors (Lipinski definition) is 7. The van der Waals surface area contributed by atoms with E-state index in [0.717, 1.165) is 16.1 Å². The maximum atomic E-state index is 11.7. The molecule has 216 valence electrons. The van der Waals surface area contributed by atoms with Gasteiger partial charge in [0.1, 0.15) is 0 Å². The van der Waals surface area contributed by atoms with Gasteiger partial charge in [0.15, 0.2) is 6.29 Å². The minimum Gasteiger partial charge on any atom is -0.297 e. The minimum absolute atomic E-state index is 0.837. The van der Waals surface area contributed by atoms with Crippen molar-refractivity contribution in [1.82, 2.24) is 0 Å². The molecule has 0 saturated heterocycles. The lowest BCUT2D eigenvalue weighted by Crippen LogP contribution is -2.16. The zero-order chi connectivity index (χ0) is 28.6. The molecule has 41 heavy (non-hydrogen) atoms. The molecule has 0 unspecified atom stereocenters. The predicted molar refractivity (Wildman–Crippen MR) is 197 cm³/mol. The number of carbonyl (C=O) groups is 1. The van der Waals surface area contributed by atoms with Crippen LogP contribution in [0.25, 0.3) is 30.0 Å². The van der Waals surface area contributed by atoms with Gasteiger partial charge in [-0.05, 0) is 52.8 Å². The molecule has 7 heteroatoms. The number of rotatable bonds is 13. The van der Waals surface area contributed by atoms with Crippen LogP contribution in [0, 0.1) is 0 Å². The standard InChI is InChI=1S/C34H38OS6/c1-4-6-8-14-20-36-33-34(37-21-15-9-7-5-2)41-32(40-33)30-26-18-12-10-16-24(26)29(25-17-11-13-19-27(25)30)31-38-23(3)28(22-35)39-31/h10-13,16-19,22H,4-9,14-15,20-21H2,1-3H3. The number of hydrogen-bond donors (Lipinski definition) is 0. The van der Waals surface area contributed by atoms with Crippen molar-refractivity contribution in [1.29, 1.82) is 0 Å². The van der Waals surface area contributed by atoms with Crippen LogP contribution in [-0.2, 0) is 4.79 Å². The Morgan fingerprint density at radius 1 is 0.610 bits per heavy atom. The molecule has 0 atom stereocenters. The summed E-state index contributed by atoms with van der Waals surface area (Å²) in [5, 5.41) is 7.81. The van der Waals surface area contributed by atoms with Crippen LogP contribution in [-0.4, -0.2) is 17.8 Å². The molecule has 3 aromatic rings. The molecule has 5 rings (SSSR count). The molecule has 0 aliphatic carbocycles. The van der Waals surface area contributed by atoms with E-state index in [9.17, 15) is 4.79 Å². The Labute approximate surface area is 270 Å². The molecule has 0 saturated carbocycles. The topological polar surface area (TPSA) is 17.1 Å². The van der Waals surface area contributed by atoms with Gasteiger partial charge >= 0.3 is 0 Å². The first-order chi connectivity index (χ1) is 20.2. The minimum atomic E-state index is 0.837. The van der Waals surface area contributed by atoms with Crippen molar-refractivity contribution in [2.24, 2.45) is 0 Å². The van der Waals surface area contributed by atoms with Gasteiger partial charge in [-0.15, -0.1) is 23.5 Å². The molecule has 0 amide bonds. The van der Waals surface area contributed by atoms with Gasteiger partial charge in [-0.1, -0.05) is 148 Å². The van der Waals surface area contributed by atoms with Gasteiger partial charge in [0.2, 0.25) is 0 Å². The average molecular weight is 655 g/mol. The summed E-state index contributed by atoms with van der Waals surface area (Å²) in [4.78, 5) is 13.7. The van der Waals surface area contributed by atoms with Crippen LogP contribution in [0.5, 0.6) is 0 Å². The zero-order valence-electron chi connectivity index (χ0n) is 24.1. The first kappa shape index (κ1) is 31.6. The smallest absolute Gasteiger partial charge is 0.157 e. The highest BCUT2D eigenvalue weighted by Gasteiger charge is 2.25. The van der Waals surface area contributed by atoms with Crippen molar-refractivity contribution < 1.29 is 4.79 Å². The second-order valence-corrected chi connectivity index (χ2v) is 17.8. The van der Waals surface area contributed by atoms with E-state index in [0.29, 0.717) is 0 Å². The largest absolute Gasteiger partial charge is 0.297 e. The lowest BCUT2D eigenvalue weighted by Gasteiger charge is -2.11. The van der Waals surface area contributed by atoms with Crippen molar-refractivity contribution >= 4 is 107 Å². The van der Waals surface area contributed by atoms with Gasteiger partial charge in [-0.3, -0.25) is 4.79 Å². The molecular weight excluding hydrogens is 617 g/mol. The number of fused-ring (bicyclic) bond motifs is 2. The second-order valence-electron chi connectivity index (χ2n) is 10.3. The van der Waals surface area contributed by atoms with Gasteiger partial charge in [0.05, 0.1) is 21.9 Å². The van der Waals surface area contributed by atoms with E-state index in [1.54, 1.807) is 23.5 Å². The molecular formula is C34H38OS6. The molecule has 0 radical (unpaired) electrons. The Balaban J connectivity index is 1.60. The third-order valence-corrected chi connectivity index (χ3v) is 15.5. The third-order valence-electron chi connectivity index (χ3n) is 7.24. The molecule has 0 fully saturated rings. The summed E-state index contributed by atoms with van der Waals surface area (Å²) in [7, 11) is 0. The number of thioether (sulfide) groups is 6. The molecule has 1 nitrogen and oxygen atoms in total. The third kappa shape index (κ3) is 7.46. The summed E-state index contributed by atoms with van der Waals surface area (Å²) in [5.74, 6) is 2.41. The summed E-state index contributed by atoms with van der Waals surface area (Å²) >= 11 is 11.5. The summed E-state index contributed by atoms with van der Waals surface area (Å²) in [6.45, 7) is 6.63. The van der Waals surface area contributed by atoms with E-state index < -0.39 is 0 Å². The van der Waals surface area contributed by atoms with E-state index in [1.165, 1.54) is 112 Å². The van der Waals surface area contributed by atoms with Crippen molar-refractivity contribution in [3.05, 3.63) is 77.3 Å². The van der Waals surface area contributed by atoms with Crippen molar-refractivity contribution in [3.63, 3.8) is 0 Å². The molecule has 2 aliphatic rings. The van der Waals surface area contributed by atoms with Crippen molar-refractivity contribution in [2.75, 3.05) is 11.5 Å². The van der Waals surface area contributed by atoms with Gasteiger partial charge in [-0.25, -0.2) is 0 Å². The van der Waals surface area contributed by atoms with Gasteiger partial charge in [0.25, 0.3) is 0 Å². The van der Waals surface area contributed by atoms with Crippen molar-refractivity contribution in [3.8, 4) is 0 Å². The van der Waals surface area contributed by atoms with Crippen LogP contribution in [0.2, 0.25) is 0 Å². The maximum Gasteiger partial charge on any atom is 0.157 e. The quantitative estimate of drug-likeness (QED) is 0.102. The maximum absolute atomic E-state index is 11.7. The van der Waals surface area contributed by atoms with E-state index in [-0.39, 0.29) is 0 Å². The van der Waals surface area contributed by atoms with E-state index in [1.807, 2.05) is 23.5 Å². The van der Waals surface area contributed by atoms with Crippen LogP contribution >= 0.6 is 70.6 Å². The number of unbranched alkanes of at least 4 members (excludes halogenated alkanes) is 6. The molecule has 3 aromatic carbocycles. The van der Waals surface area contributed by atoms with Crippen LogP contribution in [0.15, 0.2) is 66.8 Å². The van der Waals surface area contributed by atoms with Crippen LogP contribution < -0.4 is 10.4 Å². The fraction of sp³-hybridized carbons (Fsp3) is 0.382. The SMILES string of the molecule is CCCCCCSC1=C(SCCCCCC)SC(=c2c3ccccc3c(=C3SC(C)=C(C=O)S3)c3ccccc23)S1. The highest BCUT2D eigenvalue weighted by molar-refractivity contribution is 8.45. The Hall–Kier alpha value is -0.830. The normalized spacial score (nSPS) is 15.8. The molecule has 2 aliphatic heterocycles. The van der Waals surface area contributed by atoms with E-state index in [4.69, 9.17) is 0 Å². The van der Waals surface area contributed by atoms with Gasteiger partial charge in [0, 0.05) is 15.3 Å². The highest BCUT2D eigenvalue weighted by atomic mass is 32.3. The van der Waals surface area contributed by atoms with Gasteiger partial charge in [-0.2, -0.15) is 0 Å². The fourth-order valence-corrected chi connectivity index (χ4v) is 13.7. The second kappa shape index (κ2) is 15.8. The molecule has 0 spiro atoms. The van der Waals surface area contributed by atoms with E-state index in [2.05, 4.69) is 92.8 Å². The summed E-state index contributed by atoms with van der Waals surface area (Å²) in [5.41, 5.74) is 0. The Morgan fingerprint density at radius 3 is 1.44 bits per heavy atom. The zero-order valence-corrected chi connectivity index (χ0v) is 29.0.